The summed E-state index contributed by atoms with van der Waals surface area (Å²) in [4.78, 5) is 30.5. The molecule has 0 spiro atoms. The predicted molar refractivity (Wildman–Crippen MR) is 125 cm³/mol. The van der Waals surface area contributed by atoms with Crippen molar-refractivity contribution in [3.05, 3.63) is 52.9 Å². The van der Waals surface area contributed by atoms with Crippen LogP contribution in [0, 0.1) is 0 Å². The third-order valence-electron chi connectivity index (χ3n) is 5.15. The van der Waals surface area contributed by atoms with Gasteiger partial charge in [0, 0.05) is 30.0 Å². The lowest BCUT2D eigenvalue weighted by Gasteiger charge is -2.07. The van der Waals surface area contributed by atoms with Crippen molar-refractivity contribution in [3.8, 4) is 0 Å². The Bertz CT molecular complexity index is 821. The maximum absolute atomic E-state index is 12.2. The van der Waals surface area contributed by atoms with Gasteiger partial charge in [-0.3, -0.25) is 9.59 Å². The molecule has 31 heavy (non-hydrogen) atoms. The van der Waals surface area contributed by atoms with Crippen molar-refractivity contribution in [2.75, 3.05) is 12.4 Å². The number of unbranched alkanes of at least 4 members (excludes halogenated alkanes) is 1. The van der Waals surface area contributed by atoms with Crippen LogP contribution in [0.1, 0.15) is 57.1 Å². The molecule has 1 amide bonds. The van der Waals surface area contributed by atoms with Crippen molar-refractivity contribution >= 4 is 28.4 Å². The van der Waals surface area contributed by atoms with Crippen molar-refractivity contribution in [2.45, 2.75) is 58.4 Å². The number of aryl methyl sites for hydroxylation is 1. The van der Waals surface area contributed by atoms with E-state index in [1.807, 2.05) is 24.8 Å². The van der Waals surface area contributed by atoms with Gasteiger partial charge >= 0.3 is 0 Å². The molecule has 2 aliphatic rings. The van der Waals surface area contributed by atoms with Crippen LogP contribution in [-0.2, 0) is 20.8 Å². The number of ketones is 1. The van der Waals surface area contributed by atoms with E-state index >= 15 is 0 Å². The predicted octanol–water partition coefficient (Wildman–Crippen LogP) is 2.83. The molecule has 0 radical (unpaired) electrons. The average Bonchev–Trinajstić information content (AvgIpc) is 3.34. The Balaban J connectivity index is 0.00000341. The molecule has 8 heteroatoms. The van der Waals surface area contributed by atoms with Gasteiger partial charge in [0.2, 0.25) is 5.91 Å². The van der Waals surface area contributed by atoms with Crippen LogP contribution >= 0.6 is 11.8 Å². The Morgan fingerprint density at radius 1 is 1.19 bits per heavy atom. The highest BCUT2D eigenvalue weighted by Crippen LogP contribution is 2.33. The second-order valence-corrected chi connectivity index (χ2v) is 8.77. The Labute approximate surface area is 188 Å². The quantitative estimate of drug-likeness (QED) is 0.450. The first-order valence-corrected chi connectivity index (χ1v) is 11.6. The Hall–Kier alpha value is -2.29. The van der Waals surface area contributed by atoms with Crippen molar-refractivity contribution in [1.82, 2.24) is 16.1 Å². The number of allylic oxidation sites excluding steroid dienone is 1. The summed E-state index contributed by atoms with van der Waals surface area (Å²) in [5.41, 5.74) is 6.45. The zero-order valence-corrected chi connectivity index (χ0v) is 19.1. The van der Waals surface area contributed by atoms with E-state index in [1.54, 1.807) is 0 Å². The molecule has 1 unspecified atom stereocenters. The van der Waals surface area contributed by atoms with Crippen LogP contribution in [0.5, 0.6) is 0 Å². The van der Waals surface area contributed by atoms with Gasteiger partial charge in [0.15, 0.2) is 0 Å². The molecule has 0 saturated heterocycles. The fourth-order valence-corrected chi connectivity index (χ4v) is 4.47. The van der Waals surface area contributed by atoms with Gasteiger partial charge < -0.3 is 20.9 Å². The highest BCUT2D eigenvalue weighted by molar-refractivity contribution is 8.08. The Kier molecular flexibility index (Phi) is 10.1. The third kappa shape index (κ3) is 8.05. The molecule has 0 saturated carbocycles. The van der Waals surface area contributed by atoms with Gasteiger partial charge in [0.05, 0.1) is 18.3 Å². The molecule has 0 aliphatic carbocycles. The number of hydrogen-bond acceptors (Lipinski definition) is 6. The van der Waals surface area contributed by atoms with Crippen LogP contribution in [0.2, 0.25) is 0 Å². The number of hydroxylamine groups is 1. The molecule has 1 aromatic rings. The summed E-state index contributed by atoms with van der Waals surface area (Å²) in [6.45, 7) is 4.65. The first-order valence-electron chi connectivity index (χ1n) is 10.6. The van der Waals surface area contributed by atoms with Crippen molar-refractivity contribution in [3.63, 3.8) is 0 Å². The van der Waals surface area contributed by atoms with Gasteiger partial charge in [-0.25, -0.2) is 0 Å². The summed E-state index contributed by atoms with van der Waals surface area (Å²) >= 11 is 1.83. The van der Waals surface area contributed by atoms with Gasteiger partial charge in [0.25, 0.3) is 0 Å². The van der Waals surface area contributed by atoms with E-state index in [-0.39, 0.29) is 29.6 Å². The minimum absolute atomic E-state index is 0. The minimum atomic E-state index is -0.0512. The van der Waals surface area contributed by atoms with E-state index in [9.17, 15) is 9.59 Å². The maximum atomic E-state index is 12.2. The number of thioether (sulfide) groups is 1. The van der Waals surface area contributed by atoms with Gasteiger partial charge in [0.1, 0.15) is 11.5 Å². The first kappa shape index (κ1) is 25.0. The molecular weight excluding hydrogens is 414 g/mol. The lowest BCUT2D eigenvalue weighted by atomic mass is 10.0. The highest BCUT2D eigenvalue weighted by atomic mass is 32.2. The summed E-state index contributed by atoms with van der Waals surface area (Å²) in [6, 6.07) is 8.67. The third-order valence-corrected chi connectivity index (χ3v) is 6.27. The number of Topliss-reactive ketones (excluding diaryl/α,β-unsaturated/α-hetero) is 1. The molecule has 3 rings (SSSR count). The zero-order chi connectivity index (χ0) is 21.3. The number of amides is 1. The van der Waals surface area contributed by atoms with E-state index in [4.69, 9.17) is 4.84 Å². The van der Waals surface area contributed by atoms with E-state index in [2.05, 4.69) is 47.3 Å². The summed E-state index contributed by atoms with van der Waals surface area (Å²) in [5, 5.41) is 6.22. The molecule has 0 bridgehead atoms. The van der Waals surface area contributed by atoms with Gasteiger partial charge in [-0.05, 0) is 50.3 Å². The second kappa shape index (κ2) is 12.5. The molecule has 2 heterocycles. The van der Waals surface area contributed by atoms with Crippen LogP contribution in [0.25, 0.3) is 4.91 Å². The molecule has 1 atom stereocenters. The molecule has 0 fully saturated rings. The Morgan fingerprint density at radius 2 is 1.97 bits per heavy atom. The average molecular weight is 448 g/mol. The Morgan fingerprint density at radius 3 is 2.61 bits per heavy atom. The zero-order valence-electron chi connectivity index (χ0n) is 18.3. The maximum Gasteiger partial charge on any atom is 0.227 e. The second-order valence-electron chi connectivity index (χ2n) is 7.78. The lowest BCUT2D eigenvalue weighted by Crippen LogP contribution is -2.25. The molecule has 5 N–H and O–H groups in total. The van der Waals surface area contributed by atoms with E-state index in [0.29, 0.717) is 25.1 Å². The minimum Gasteiger partial charge on any atom is -0.412 e. The van der Waals surface area contributed by atoms with Crippen molar-refractivity contribution in [2.24, 2.45) is 0 Å². The van der Waals surface area contributed by atoms with Crippen LogP contribution < -0.4 is 16.1 Å². The molecule has 170 valence electrons. The fourth-order valence-electron chi connectivity index (χ4n) is 3.44. The normalized spacial score (nSPS) is 17.5. The van der Waals surface area contributed by atoms with Crippen molar-refractivity contribution in [1.29, 1.82) is 0 Å². The summed E-state index contributed by atoms with van der Waals surface area (Å²) in [6.07, 6.45) is 5.67. The summed E-state index contributed by atoms with van der Waals surface area (Å²) in [7, 11) is 0. The van der Waals surface area contributed by atoms with Crippen LogP contribution in [0.15, 0.2) is 41.8 Å². The molecule has 0 aromatic heterocycles. The van der Waals surface area contributed by atoms with E-state index in [0.717, 1.165) is 25.1 Å². The number of carbonyl (C=O) groups excluding carboxylic acids is 2. The number of rotatable bonds is 11. The summed E-state index contributed by atoms with van der Waals surface area (Å²) < 4.78 is 0. The molecule has 7 nitrogen and oxygen atoms in total. The van der Waals surface area contributed by atoms with Gasteiger partial charge in [-0.2, -0.15) is 5.48 Å². The van der Waals surface area contributed by atoms with Gasteiger partial charge in [-0.15, -0.1) is 11.8 Å². The number of nitrogens with one attached hydrogen (secondary N) is 3. The van der Waals surface area contributed by atoms with Crippen LogP contribution in [0.3, 0.4) is 0 Å². The largest absolute Gasteiger partial charge is 0.412 e. The number of hydrogen-bond donors (Lipinski definition) is 3. The molecule has 2 aliphatic heterocycles. The number of benzene rings is 1. The fraction of sp³-hybridized carbons (Fsp3) is 0.478. The SMILES string of the molecule is CC1=C(c2ccc(CCC(=O)CCCCNC(=O)CC3=CC(C)NO3)cc2)SCN1.O. The topological polar surface area (TPSA) is 111 Å². The summed E-state index contributed by atoms with van der Waals surface area (Å²) in [5.74, 6) is 1.83. The van der Waals surface area contributed by atoms with Crippen LogP contribution in [-0.4, -0.2) is 35.6 Å². The highest BCUT2D eigenvalue weighted by Gasteiger charge is 2.15. The first-order chi connectivity index (χ1) is 14.5. The van der Waals surface area contributed by atoms with Crippen LogP contribution in [0.4, 0.5) is 0 Å². The van der Waals surface area contributed by atoms with E-state index < -0.39 is 0 Å². The van der Waals surface area contributed by atoms with Crippen molar-refractivity contribution < 1.29 is 19.9 Å². The molecule has 1 aromatic carbocycles. The molecular formula is C23H33N3O4S. The van der Waals surface area contributed by atoms with E-state index in [1.165, 1.54) is 21.7 Å². The number of carbonyl (C=O) groups is 2. The lowest BCUT2D eigenvalue weighted by molar-refractivity contribution is -0.121. The standard InChI is InChI=1S/C23H31N3O3S.H2O/c1-16-13-21(29-26-16)14-22(28)24-12-4-3-5-20(27)11-8-18-6-9-19(10-7-18)23-17(2)25-15-30-23;/h6-7,9-10,13,16,25-26H,3-5,8,11-12,14-15H2,1-2H3,(H,24,28);1H2. The van der Waals surface area contributed by atoms with Gasteiger partial charge in [-0.1, -0.05) is 24.3 Å². The monoisotopic (exact) mass is 447 g/mol. The smallest absolute Gasteiger partial charge is 0.227 e.